The molecule has 82 valence electrons. The topological polar surface area (TPSA) is 46.3 Å². The lowest BCUT2D eigenvalue weighted by atomic mass is 9.78. The van der Waals surface area contributed by atoms with E-state index in [1.54, 1.807) is 6.92 Å². The Bertz CT molecular complexity index is 205. The second-order valence-corrected chi connectivity index (χ2v) is 4.78. The lowest BCUT2D eigenvalue weighted by molar-refractivity contribution is -0.134. The highest BCUT2D eigenvalue weighted by atomic mass is 16.2. The van der Waals surface area contributed by atoms with Gasteiger partial charge in [0.15, 0.2) is 0 Å². The van der Waals surface area contributed by atoms with Crippen LogP contribution in [-0.2, 0) is 4.79 Å². The van der Waals surface area contributed by atoms with Crippen LogP contribution in [-0.4, -0.2) is 29.9 Å². The molecule has 0 aromatic heterocycles. The molecule has 1 fully saturated rings. The van der Waals surface area contributed by atoms with Crippen molar-refractivity contribution in [2.75, 3.05) is 13.1 Å². The van der Waals surface area contributed by atoms with Gasteiger partial charge in [0.1, 0.15) is 0 Å². The van der Waals surface area contributed by atoms with Gasteiger partial charge in [0.05, 0.1) is 6.04 Å². The van der Waals surface area contributed by atoms with Gasteiger partial charge in [-0.15, -0.1) is 0 Å². The van der Waals surface area contributed by atoms with Crippen molar-refractivity contribution in [2.24, 2.45) is 11.1 Å². The molecule has 1 amide bonds. The van der Waals surface area contributed by atoms with E-state index >= 15 is 0 Å². The van der Waals surface area contributed by atoms with Gasteiger partial charge in [-0.1, -0.05) is 20.3 Å². The maximum Gasteiger partial charge on any atom is 0.239 e. The highest BCUT2D eigenvalue weighted by Crippen LogP contribution is 2.33. The van der Waals surface area contributed by atoms with Gasteiger partial charge in [0, 0.05) is 13.1 Å². The first-order valence-corrected chi connectivity index (χ1v) is 5.53. The monoisotopic (exact) mass is 198 g/mol. The standard InChI is InChI=1S/C11H22N2O/c1-4-11(3)5-7-13(8-6-11)10(14)9(2)12/h9H,4-8,12H2,1-3H3/t9-/m1/s1. The Balaban J connectivity index is 2.47. The molecule has 3 heteroatoms. The minimum absolute atomic E-state index is 0.100. The van der Waals surface area contributed by atoms with Gasteiger partial charge in [-0.2, -0.15) is 0 Å². The Morgan fingerprint density at radius 1 is 1.50 bits per heavy atom. The third-order valence-corrected chi connectivity index (χ3v) is 3.53. The highest BCUT2D eigenvalue weighted by molar-refractivity contribution is 5.81. The first-order valence-electron chi connectivity index (χ1n) is 5.53. The summed E-state index contributed by atoms with van der Waals surface area (Å²) in [7, 11) is 0. The lowest BCUT2D eigenvalue weighted by Crippen LogP contribution is -2.47. The van der Waals surface area contributed by atoms with E-state index in [2.05, 4.69) is 13.8 Å². The number of likely N-dealkylation sites (tertiary alicyclic amines) is 1. The molecule has 0 spiro atoms. The van der Waals surface area contributed by atoms with E-state index in [0.29, 0.717) is 5.41 Å². The molecule has 0 radical (unpaired) electrons. The Labute approximate surface area is 86.6 Å². The second-order valence-electron chi connectivity index (χ2n) is 4.78. The minimum Gasteiger partial charge on any atom is -0.341 e. The quantitative estimate of drug-likeness (QED) is 0.728. The van der Waals surface area contributed by atoms with Crippen LogP contribution in [0, 0.1) is 5.41 Å². The van der Waals surface area contributed by atoms with Crippen LogP contribution in [0.4, 0.5) is 0 Å². The molecule has 1 heterocycles. The van der Waals surface area contributed by atoms with Crippen LogP contribution in [0.3, 0.4) is 0 Å². The molecule has 1 rings (SSSR count). The van der Waals surface area contributed by atoms with Crippen molar-refractivity contribution in [2.45, 2.75) is 46.1 Å². The number of amides is 1. The van der Waals surface area contributed by atoms with E-state index in [1.165, 1.54) is 6.42 Å². The van der Waals surface area contributed by atoms with E-state index < -0.39 is 0 Å². The molecular weight excluding hydrogens is 176 g/mol. The molecule has 1 aliphatic rings. The predicted molar refractivity (Wildman–Crippen MR) is 57.9 cm³/mol. The van der Waals surface area contributed by atoms with E-state index in [0.717, 1.165) is 25.9 Å². The van der Waals surface area contributed by atoms with Crippen molar-refractivity contribution in [3.63, 3.8) is 0 Å². The first-order chi connectivity index (χ1) is 6.48. The third kappa shape index (κ3) is 2.47. The molecule has 3 nitrogen and oxygen atoms in total. The van der Waals surface area contributed by atoms with E-state index in [4.69, 9.17) is 5.73 Å². The van der Waals surface area contributed by atoms with Crippen molar-refractivity contribution in [3.8, 4) is 0 Å². The molecule has 1 aliphatic heterocycles. The number of carbonyl (C=O) groups excluding carboxylic acids is 1. The molecule has 0 unspecified atom stereocenters. The smallest absolute Gasteiger partial charge is 0.239 e. The molecule has 0 aliphatic carbocycles. The van der Waals surface area contributed by atoms with Crippen LogP contribution < -0.4 is 5.73 Å². The van der Waals surface area contributed by atoms with Crippen LogP contribution in [0.15, 0.2) is 0 Å². The zero-order valence-corrected chi connectivity index (χ0v) is 9.55. The van der Waals surface area contributed by atoms with Crippen molar-refractivity contribution in [3.05, 3.63) is 0 Å². The number of nitrogens with zero attached hydrogens (tertiary/aromatic N) is 1. The van der Waals surface area contributed by atoms with Crippen LogP contribution in [0.25, 0.3) is 0 Å². The highest BCUT2D eigenvalue weighted by Gasteiger charge is 2.30. The van der Waals surface area contributed by atoms with Gasteiger partial charge in [-0.05, 0) is 25.2 Å². The van der Waals surface area contributed by atoms with E-state index in [9.17, 15) is 4.79 Å². The summed E-state index contributed by atoms with van der Waals surface area (Å²) in [5, 5.41) is 0. The number of rotatable bonds is 2. The van der Waals surface area contributed by atoms with Crippen molar-refractivity contribution < 1.29 is 4.79 Å². The molecule has 1 saturated heterocycles. The summed E-state index contributed by atoms with van der Waals surface area (Å²) in [6, 6.07) is -0.346. The summed E-state index contributed by atoms with van der Waals surface area (Å²) in [5.74, 6) is 0.100. The number of carbonyl (C=O) groups is 1. The summed E-state index contributed by atoms with van der Waals surface area (Å²) >= 11 is 0. The van der Waals surface area contributed by atoms with Crippen LogP contribution in [0.2, 0.25) is 0 Å². The van der Waals surface area contributed by atoms with Crippen molar-refractivity contribution >= 4 is 5.91 Å². The fraction of sp³-hybridized carbons (Fsp3) is 0.909. The third-order valence-electron chi connectivity index (χ3n) is 3.53. The average Bonchev–Trinajstić information content (AvgIpc) is 2.18. The Kier molecular flexibility index (Phi) is 3.53. The fourth-order valence-corrected chi connectivity index (χ4v) is 1.91. The zero-order chi connectivity index (χ0) is 10.8. The van der Waals surface area contributed by atoms with Crippen LogP contribution in [0.5, 0.6) is 0 Å². The molecule has 0 saturated carbocycles. The molecular formula is C11H22N2O. The summed E-state index contributed by atoms with van der Waals surface area (Å²) in [6.45, 7) is 8.05. The molecule has 14 heavy (non-hydrogen) atoms. The van der Waals surface area contributed by atoms with E-state index in [-0.39, 0.29) is 11.9 Å². The predicted octanol–water partition coefficient (Wildman–Crippen LogP) is 1.37. The summed E-state index contributed by atoms with van der Waals surface area (Å²) in [4.78, 5) is 13.5. The molecule has 2 N–H and O–H groups in total. The maximum atomic E-state index is 11.6. The minimum atomic E-state index is -0.346. The first kappa shape index (κ1) is 11.5. The Morgan fingerprint density at radius 3 is 2.36 bits per heavy atom. The molecule has 0 aromatic rings. The van der Waals surface area contributed by atoms with Gasteiger partial charge in [-0.3, -0.25) is 4.79 Å². The lowest BCUT2D eigenvalue weighted by Gasteiger charge is -2.39. The molecule has 1 atom stereocenters. The molecule has 0 bridgehead atoms. The van der Waals surface area contributed by atoms with Gasteiger partial charge < -0.3 is 10.6 Å². The molecule has 0 aromatic carbocycles. The Hall–Kier alpha value is -0.570. The number of hydrogen-bond donors (Lipinski definition) is 1. The van der Waals surface area contributed by atoms with Crippen molar-refractivity contribution in [1.82, 2.24) is 4.90 Å². The van der Waals surface area contributed by atoms with Gasteiger partial charge in [0.25, 0.3) is 0 Å². The van der Waals surface area contributed by atoms with Crippen molar-refractivity contribution in [1.29, 1.82) is 0 Å². The van der Waals surface area contributed by atoms with Crippen LogP contribution in [0.1, 0.15) is 40.0 Å². The maximum absolute atomic E-state index is 11.6. The summed E-state index contributed by atoms with van der Waals surface area (Å²) in [6.07, 6.45) is 3.43. The number of piperidine rings is 1. The largest absolute Gasteiger partial charge is 0.341 e. The van der Waals surface area contributed by atoms with Gasteiger partial charge in [-0.25, -0.2) is 0 Å². The summed E-state index contributed by atoms with van der Waals surface area (Å²) in [5.41, 5.74) is 6.01. The van der Waals surface area contributed by atoms with Crippen LogP contribution >= 0.6 is 0 Å². The average molecular weight is 198 g/mol. The second kappa shape index (κ2) is 4.30. The number of hydrogen-bond acceptors (Lipinski definition) is 2. The normalized spacial score (nSPS) is 23.3. The van der Waals surface area contributed by atoms with E-state index in [1.807, 2.05) is 4.90 Å². The SMILES string of the molecule is CCC1(C)CCN(C(=O)[C@@H](C)N)CC1. The van der Waals surface area contributed by atoms with Gasteiger partial charge in [0.2, 0.25) is 5.91 Å². The fourth-order valence-electron chi connectivity index (χ4n) is 1.91. The Morgan fingerprint density at radius 2 is 2.00 bits per heavy atom. The summed E-state index contributed by atoms with van der Waals surface area (Å²) < 4.78 is 0. The van der Waals surface area contributed by atoms with Gasteiger partial charge >= 0.3 is 0 Å². The zero-order valence-electron chi connectivity index (χ0n) is 9.55. The number of nitrogens with two attached hydrogens (primary N) is 1.